The predicted octanol–water partition coefficient (Wildman–Crippen LogP) is 3.16. The number of carbonyl (C=O) groups excluding carboxylic acids is 1. The molecule has 1 heterocycles. The van der Waals surface area contributed by atoms with Crippen LogP contribution in [0, 0.1) is 6.92 Å². The lowest BCUT2D eigenvalue weighted by molar-refractivity contribution is 0.100. The van der Waals surface area contributed by atoms with Crippen molar-refractivity contribution >= 4 is 28.8 Å². The van der Waals surface area contributed by atoms with E-state index in [1.165, 1.54) is 0 Å². The van der Waals surface area contributed by atoms with E-state index in [2.05, 4.69) is 10.0 Å². The molecule has 1 aromatic rings. The summed E-state index contributed by atoms with van der Waals surface area (Å²) in [6.07, 6.45) is 0. The largest absolute Gasteiger partial charge is 0.286 e. The molecule has 0 aliphatic rings. The maximum atomic E-state index is 10.9. The number of hydrogen-bond donors (Lipinski definition) is 0. The molecule has 0 radical (unpaired) electrons. The van der Waals surface area contributed by atoms with Gasteiger partial charge in [0.2, 0.25) is 0 Å². The molecular formula is C6H4ClN3OS. The highest BCUT2D eigenvalue weighted by Gasteiger charge is 2.08. The standard InChI is InChI=1S/C6H4ClN3OS/c1-3-2-4(12-5(3)7)6(11)9-10-8/h2H,1H3. The highest BCUT2D eigenvalue weighted by Crippen LogP contribution is 2.27. The summed E-state index contributed by atoms with van der Waals surface area (Å²) in [6.45, 7) is 1.78. The molecule has 0 fully saturated rings. The van der Waals surface area contributed by atoms with Crippen LogP contribution in [0.3, 0.4) is 0 Å². The van der Waals surface area contributed by atoms with Gasteiger partial charge in [0.05, 0.1) is 9.21 Å². The maximum Gasteiger partial charge on any atom is 0.259 e. The van der Waals surface area contributed by atoms with Crippen LogP contribution in [0.15, 0.2) is 11.2 Å². The van der Waals surface area contributed by atoms with Gasteiger partial charge in [-0.2, -0.15) is 0 Å². The zero-order valence-corrected chi connectivity index (χ0v) is 7.69. The molecule has 0 N–H and O–H groups in total. The summed E-state index contributed by atoms with van der Waals surface area (Å²) in [5.74, 6) is -0.586. The van der Waals surface area contributed by atoms with Crippen LogP contribution >= 0.6 is 22.9 Å². The molecule has 0 spiro atoms. The SMILES string of the molecule is Cc1cc(C(=O)N=[N+]=[N-])sc1Cl. The van der Waals surface area contributed by atoms with Gasteiger partial charge in [0.25, 0.3) is 5.91 Å². The number of amides is 1. The predicted molar refractivity (Wildman–Crippen MR) is 47.5 cm³/mol. The number of aryl methyl sites for hydroxylation is 1. The Morgan fingerprint density at radius 3 is 2.92 bits per heavy atom. The summed E-state index contributed by atoms with van der Waals surface area (Å²) in [6, 6.07) is 1.60. The fraction of sp³-hybridized carbons (Fsp3) is 0.167. The molecule has 0 atom stereocenters. The zero-order chi connectivity index (χ0) is 9.14. The van der Waals surface area contributed by atoms with Crippen LogP contribution in [0.25, 0.3) is 10.4 Å². The minimum atomic E-state index is -0.586. The number of thiophene rings is 1. The maximum absolute atomic E-state index is 10.9. The van der Waals surface area contributed by atoms with E-state index in [0.29, 0.717) is 9.21 Å². The molecule has 1 rings (SSSR count). The van der Waals surface area contributed by atoms with Crippen LogP contribution in [-0.2, 0) is 0 Å². The summed E-state index contributed by atoms with van der Waals surface area (Å²) in [5.41, 5.74) is 8.80. The first-order valence-corrected chi connectivity index (χ1v) is 4.20. The second kappa shape index (κ2) is 3.58. The lowest BCUT2D eigenvalue weighted by atomic mass is 10.3. The molecule has 1 amide bonds. The highest BCUT2D eigenvalue weighted by molar-refractivity contribution is 7.18. The molecule has 0 saturated carbocycles. The van der Waals surface area contributed by atoms with Crippen molar-refractivity contribution in [2.24, 2.45) is 5.11 Å². The molecule has 6 heteroatoms. The van der Waals surface area contributed by atoms with Gasteiger partial charge in [0, 0.05) is 4.91 Å². The van der Waals surface area contributed by atoms with Crippen molar-refractivity contribution in [3.05, 3.63) is 31.3 Å². The molecule has 0 aliphatic heterocycles. The molecule has 4 nitrogen and oxygen atoms in total. The zero-order valence-electron chi connectivity index (χ0n) is 6.11. The summed E-state index contributed by atoms with van der Waals surface area (Å²) < 4.78 is 0.548. The molecule has 0 aliphatic carbocycles. The molecule has 0 bridgehead atoms. The number of rotatable bonds is 1. The van der Waals surface area contributed by atoms with Crippen molar-refractivity contribution in [3.63, 3.8) is 0 Å². The highest BCUT2D eigenvalue weighted by atomic mass is 35.5. The fourth-order valence-electron chi connectivity index (χ4n) is 0.655. The van der Waals surface area contributed by atoms with Crippen LogP contribution in [0.5, 0.6) is 0 Å². The van der Waals surface area contributed by atoms with Gasteiger partial charge in [-0.1, -0.05) is 11.6 Å². The van der Waals surface area contributed by atoms with Crippen LogP contribution in [0.4, 0.5) is 0 Å². The van der Waals surface area contributed by atoms with Crippen LogP contribution in [0.1, 0.15) is 15.2 Å². The van der Waals surface area contributed by atoms with E-state index in [0.717, 1.165) is 16.9 Å². The third-order valence-corrected chi connectivity index (χ3v) is 2.75. The van der Waals surface area contributed by atoms with Crippen molar-refractivity contribution in [2.45, 2.75) is 6.92 Å². The molecule has 0 saturated heterocycles. The smallest absolute Gasteiger partial charge is 0.259 e. The molecule has 12 heavy (non-hydrogen) atoms. The molecule has 0 unspecified atom stereocenters. The van der Waals surface area contributed by atoms with Crippen LogP contribution in [0.2, 0.25) is 4.34 Å². The Hall–Kier alpha value is -1.03. The normalized spacial score (nSPS) is 9.17. The van der Waals surface area contributed by atoms with Gasteiger partial charge in [-0.05, 0) is 29.2 Å². The summed E-state index contributed by atoms with van der Waals surface area (Å²) in [5, 5.41) is 2.94. The number of carbonyl (C=O) groups is 1. The average molecular weight is 202 g/mol. The lowest BCUT2D eigenvalue weighted by Crippen LogP contribution is -1.86. The Kier molecular flexibility index (Phi) is 2.70. The quantitative estimate of drug-likeness (QED) is 0.391. The van der Waals surface area contributed by atoms with Crippen molar-refractivity contribution in [1.29, 1.82) is 0 Å². The van der Waals surface area contributed by atoms with Gasteiger partial charge < -0.3 is 0 Å². The minimum absolute atomic E-state index is 0.371. The Bertz CT molecular complexity index is 347. The van der Waals surface area contributed by atoms with Gasteiger partial charge >= 0.3 is 0 Å². The second-order valence-corrected chi connectivity index (χ2v) is 3.72. The molecule has 1 aromatic heterocycles. The third-order valence-electron chi connectivity index (χ3n) is 1.20. The van der Waals surface area contributed by atoms with Crippen LogP contribution in [-0.4, -0.2) is 5.91 Å². The van der Waals surface area contributed by atoms with E-state index in [9.17, 15) is 4.79 Å². The van der Waals surface area contributed by atoms with Gasteiger partial charge in [0.1, 0.15) is 0 Å². The van der Waals surface area contributed by atoms with E-state index in [4.69, 9.17) is 17.1 Å². The summed E-state index contributed by atoms with van der Waals surface area (Å²) >= 11 is 6.82. The van der Waals surface area contributed by atoms with Crippen molar-refractivity contribution in [1.82, 2.24) is 0 Å². The number of nitrogens with zero attached hydrogens (tertiary/aromatic N) is 3. The molecular weight excluding hydrogens is 198 g/mol. The van der Waals surface area contributed by atoms with Gasteiger partial charge in [0.15, 0.2) is 0 Å². The Labute approximate surface area is 77.4 Å². The summed E-state index contributed by atoms with van der Waals surface area (Å²) in [4.78, 5) is 13.7. The van der Waals surface area contributed by atoms with E-state index in [1.54, 1.807) is 13.0 Å². The monoisotopic (exact) mass is 201 g/mol. The fourth-order valence-corrected chi connectivity index (χ4v) is 1.74. The van der Waals surface area contributed by atoms with Crippen molar-refractivity contribution in [3.8, 4) is 0 Å². The molecule has 0 aromatic carbocycles. The van der Waals surface area contributed by atoms with Crippen molar-refractivity contribution < 1.29 is 4.79 Å². The minimum Gasteiger partial charge on any atom is -0.286 e. The lowest BCUT2D eigenvalue weighted by Gasteiger charge is -1.81. The van der Waals surface area contributed by atoms with E-state index < -0.39 is 5.91 Å². The average Bonchev–Trinajstić information content (AvgIpc) is 2.33. The molecule has 62 valence electrons. The first-order valence-electron chi connectivity index (χ1n) is 3.00. The summed E-state index contributed by atoms with van der Waals surface area (Å²) in [7, 11) is 0. The van der Waals surface area contributed by atoms with Crippen molar-refractivity contribution in [2.75, 3.05) is 0 Å². The number of halogens is 1. The number of azide groups is 1. The Morgan fingerprint density at radius 1 is 1.83 bits per heavy atom. The Morgan fingerprint density at radius 2 is 2.50 bits per heavy atom. The number of hydrogen-bond acceptors (Lipinski definition) is 2. The second-order valence-electron chi connectivity index (χ2n) is 2.06. The topological polar surface area (TPSA) is 65.8 Å². The first-order chi connectivity index (χ1) is 5.65. The van der Waals surface area contributed by atoms with Crippen LogP contribution < -0.4 is 0 Å². The van der Waals surface area contributed by atoms with Gasteiger partial charge in [-0.3, -0.25) is 4.79 Å². The van der Waals surface area contributed by atoms with E-state index in [-0.39, 0.29) is 0 Å². The first kappa shape index (κ1) is 9.06. The van der Waals surface area contributed by atoms with Gasteiger partial charge in [-0.15, -0.1) is 11.3 Å². The van der Waals surface area contributed by atoms with Gasteiger partial charge in [-0.25, -0.2) is 0 Å². The van der Waals surface area contributed by atoms with E-state index in [1.807, 2.05) is 0 Å². The Balaban J connectivity index is 3.04. The third kappa shape index (κ3) is 1.76. The van der Waals surface area contributed by atoms with E-state index >= 15 is 0 Å².